The standard InChI is InChI=1S/C15H15N3/c1-12-7-8-15-17-14(11-18(15)10-12)9-16-13-5-3-2-4-6-13/h2-8,10-11,16H,9H2,1H3. The van der Waals surface area contributed by atoms with Gasteiger partial charge in [0.2, 0.25) is 0 Å². The van der Waals surface area contributed by atoms with Gasteiger partial charge in [0.15, 0.2) is 0 Å². The van der Waals surface area contributed by atoms with Crippen molar-refractivity contribution in [2.24, 2.45) is 0 Å². The molecular formula is C15H15N3. The number of pyridine rings is 1. The smallest absolute Gasteiger partial charge is 0.137 e. The molecule has 18 heavy (non-hydrogen) atoms. The lowest BCUT2D eigenvalue weighted by atomic mass is 10.3. The first-order valence-corrected chi connectivity index (χ1v) is 6.04. The Morgan fingerprint density at radius 2 is 1.89 bits per heavy atom. The molecule has 0 amide bonds. The summed E-state index contributed by atoms with van der Waals surface area (Å²) in [7, 11) is 0. The summed E-state index contributed by atoms with van der Waals surface area (Å²) < 4.78 is 2.07. The molecule has 1 N–H and O–H groups in total. The molecule has 0 radical (unpaired) electrons. The quantitative estimate of drug-likeness (QED) is 0.757. The third-order valence-electron chi connectivity index (χ3n) is 2.90. The van der Waals surface area contributed by atoms with Crippen LogP contribution < -0.4 is 5.32 Å². The Bertz CT molecular complexity index is 656. The molecule has 0 aliphatic carbocycles. The van der Waals surface area contributed by atoms with Gasteiger partial charge in [-0.25, -0.2) is 4.98 Å². The van der Waals surface area contributed by atoms with Gasteiger partial charge in [-0.1, -0.05) is 24.3 Å². The van der Waals surface area contributed by atoms with Gasteiger partial charge in [0.05, 0.1) is 12.2 Å². The predicted molar refractivity (Wildman–Crippen MR) is 73.7 cm³/mol. The van der Waals surface area contributed by atoms with E-state index in [2.05, 4.69) is 52.2 Å². The summed E-state index contributed by atoms with van der Waals surface area (Å²) in [5, 5.41) is 3.36. The van der Waals surface area contributed by atoms with Gasteiger partial charge in [0, 0.05) is 18.1 Å². The summed E-state index contributed by atoms with van der Waals surface area (Å²) in [6.07, 6.45) is 4.16. The van der Waals surface area contributed by atoms with Gasteiger partial charge in [-0.15, -0.1) is 0 Å². The summed E-state index contributed by atoms with van der Waals surface area (Å²) >= 11 is 0. The zero-order valence-electron chi connectivity index (χ0n) is 10.3. The van der Waals surface area contributed by atoms with Crippen molar-refractivity contribution in [2.45, 2.75) is 13.5 Å². The first-order chi connectivity index (χ1) is 8.81. The van der Waals surface area contributed by atoms with Crippen LogP contribution in [0.5, 0.6) is 0 Å². The van der Waals surface area contributed by atoms with Crippen LogP contribution in [0.2, 0.25) is 0 Å². The van der Waals surface area contributed by atoms with Crippen LogP contribution in [-0.2, 0) is 6.54 Å². The fraction of sp³-hybridized carbons (Fsp3) is 0.133. The minimum atomic E-state index is 0.741. The van der Waals surface area contributed by atoms with Gasteiger partial charge in [0.1, 0.15) is 5.65 Å². The van der Waals surface area contributed by atoms with Crippen molar-refractivity contribution in [3.8, 4) is 0 Å². The molecule has 0 spiro atoms. The van der Waals surface area contributed by atoms with Crippen LogP contribution in [0.15, 0.2) is 54.9 Å². The Kier molecular flexibility index (Phi) is 2.73. The number of hydrogen-bond acceptors (Lipinski definition) is 2. The molecule has 2 heterocycles. The van der Waals surface area contributed by atoms with Gasteiger partial charge in [-0.05, 0) is 30.7 Å². The molecule has 0 aliphatic heterocycles. The van der Waals surface area contributed by atoms with Crippen molar-refractivity contribution in [1.82, 2.24) is 9.38 Å². The number of nitrogens with zero attached hydrogens (tertiary/aromatic N) is 2. The summed E-state index contributed by atoms with van der Waals surface area (Å²) in [4.78, 5) is 4.57. The molecule has 0 bridgehead atoms. The molecule has 0 unspecified atom stereocenters. The first-order valence-electron chi connectivity index (χ1n) is 6.04. The van der Waals surface area contributed by atoms with Crippen LogP contribution in [-0.4, -0.2) is 9.38 Å². The van der Waals surface area contributed by atoms with E-state index >= 15 is 0 Å². The fourth-order valence-corrected chi connectivity index (χ4v) is 1.99. The number of aryl methyl sites for hydroxylation is 1. The highest BCUT2D eigenvalue weighted by Crippen LogP contribution is 2.10. The highest BCUT2D eigenvalue weighted by atomic mass is 15.0. The van der Waals surface area contributed by atoms with E-state index in [1.54, 1.807) is 0 Å². The second-order valence-corrected chi connectivity index (χ2v) is 4.42. The molecule has 2 aromatic heterocycles. The van der Waals surface area contributed by atoms with Gasteiger partial charge in [-0.2, -0.15) is 0 Å². The molecule has 3 rings (SSSR count). The number of rotatable bonds is 3. The minimum Gasteiger partial charge on any atom is -0.379 e. The molecule has 3 aromatic rings. The number of para-hydroxylation sites is 1. The van der Waals surface area contributed by atoms with Crippen LogP contribution in [0, 0.1) is 6.92 Å². The van der Waals surface area contributed by atoms with Crippen LogP contribution in [0.3, 0.4) is 0 Å². The lowest BCUT2D eigenvalue weighted by Crippen LogP contribution is -1.98. The highest BCUT2D eigenvalue weighted by Gasteiger charge is 2.01. The molecule has 3 heteroatoms. The molecular weight excluding hydrogens is 222 g/mol. The topological polar surface area (TPSA) is 29.3 Å². The van der Waals surface area contributed by atoms with E-state index in [0.717, 1.165) is 23.6 Å². The van der Waals surface area contributed by atoms with E-state index in [-0.39, 0.29) is 0 Å². The van der Waals surface area contributed by atoms with Crippen LogP contribution in [0.25, 0.3) is 5.65 Å². The first kappa shape index (κ1) is 10.8. The monoisotopic (exact) mass is 237 g/mol. The Morgan fingerprint density at radius 1 is 1.06 bits per heavy atom. The molecule has 0 atom stereocenters. The summed E-state index contributed by atoms with van der Waals surface area (Å²) in [5.74, 6) is 0. The summed E-state index contributed by atoms with van der Waals surface area (Å²) in [6.45, 7) is 2.83. The van der Waals surface area contributed by atoms with Crippen LogP contribution in [0.4, 0.5) is 5.69 Å². The average Bonchev–Trinajstić information content (AvgIpc) is 2.79. The lowest BCUT2D eigenvalue weighted by Gasteiger charge is -2.02. The van der Waals surface area contributed by atoms with Crippen molar-refractivity contribution in [2.75, 3.05) is 5.32 Å². The van der Waals surface area contributed by atoms with E-state index < -0.39 is 0 Å². The molecule has 0 saturated carbocycles. The van der Waals surface area contributed by atoms with Gasteiger partial charge < -0.3 is 9.72 Å². The van der Waals surface area contributed by atoms with Gasteiger partial charge in [-0.3, -0.25) is 0 Å². The normalized spacial score (nSPS) is 10.7. The maximum absolute atomic E-state index is 4.57. The molecule has 0 aliphatic rings. The van der Waals surface area contributed by atoms with E-state index in [4.69, 9.17) is 0 Å². The van der Waals surface area contributed by atoms with Crippen molar-refractivity contribution < 1.29 is 0 Å². The van der Waals surface area contributed by atoms with Crippen molar-refractivity contribution in [3.63, 3.8) is 0 Å². The van der Waals surface area contributed by atoms with Crippen molar-refractivity contribution >= 4 is 11.3 Å². The zero-order valence-corrected chi connectivity index (χ0v) is 10.3. The predicted octanol–water partition coefficient (Wildman–Crippen LogP) is 3.25. The van der Waals surface area contributed by atoms with Crippen LogP contribution in [0.1, 0.15) is 11.3 Å². The number of anilines is 1. The van der Waals surface area contributed by atoms with E-state index in [0.29, 0.717) is 0 Å². The third kappa shape index (κ3) is 2.20. The minimum absolute atomic E-state index is 0.741. The van der Waals surface area contributed by atoms with Crippen molar-refractivity contribution in [1.29, 1.82) is 0 Å². The van der Waals surface area contributed by atoms with Crippen molar-refractivity contribution in [3.05, 3.63) is 66.1 Å². The third-order valence-corrected chi connectivity index (χ3v) is 2.90. The summed E-state index contributed by atoms with van der Waals surface area (Å²) in [5.41, 5.74) is 4.39. The second-order valence-electron chi connectivity index (χ2n) is 4.42. The average molecular weight is 237 g/mol. The molecule has 0 saturated heterocycles. The number of fused-ring (bicyclic) bond motifs is 1. The summed E-state index contributed by atoms with van der Waals surface area (Å²) in [6, 6.07) is 14.3. The number of aromatic nitrogens is 2. The Hall–Kier alpha value is -2.29. The fourth-order valence-electron chi connectivity index (χ4n) is 1.99. The van der Waals surface area contributed by atoms with Crippen LogP contribution >= 0.6 is 0 Å². The molecule has 3 nitrogen and oxygen atoms in total. The van der Waals surface area contributed by atoms with Gasteiger partial charge in [0.25, 0.3) is 0 Å². The van der Waals surface area contributed by atoms with E-state index in [9.17, 15) is 0 Å². The molecule has 0 fully saturated rings. The zero-order chi connectivity index (χ0) is 12.4. The lowest BCUT2D eigenvalue weighted by molar-refractivity contribution is 1.08. The van der Waals surface area contributed by atoms with E-state index in [1.165, 1.54) is 5.56 Å². The molecule has 1 aromatic carbocycles. The SMILES string of the molecule is Cc1ccc2nc(CNc3ccccc3)cn2c1. The Balaban J connectivity index is 1.79. The maximum atomic E-state index is 4.57. The Labute approximate surface area is 106 Å². The number of imidazole rings is 1. The number of nitrogens with one attached hydrogen (secondary N) is 1. The largest absolute Gasteiger partial charge is 0.379 e. The highest BCUT2D eigenvalue weighted by molar-refractivity contribution is 5.45. The van der Waals surface area contributed by atoms with Gasteiger partial charge >= 0.3 is 0 Å². The maximum Gasteiger partial charge on any atom is 0.137 e. The number of hydrogen-bond donors (Lipinski definition) is 1. The Morgan fingerprint density at radius 3 is 2.72 bits per heavy atom. The second kappa shape index (κ2) is 4.53. The molecule has 90 valence electrons. The number of benzene rings is 1. The van der Waals surface area contributed by atoms with E-state index in [1.807, 2.05) is 24.3 Å².